The zero-order valence-corrected chi connectivity index (χ0v) is 20.6. The van der Waals surface area contributed by atoms with E-state index in [9.17, 15) is 0 Å². The molecule has 1 unspecified atom stereocenters. The molecule has 3 aromatic rings. The largest absolute Gasteiger partial charge is 0.760 e. The highest BCUT2D eigenvalue weighted by atomic mass is 32.2. The summed E-state index contributed by atoms with van der Waals surface area (Å²) in [5.41, 5.74) is 3.18. The van der Waals surface area contributed by atoms with Crippen LogP contribution in [0.5, 0.6) is 0 Å². The lowest BCUT2D eigenvalue weighted by Crippen LogP contribution is -2.22. The van der Waals surface area contributed by atoms with Gasteiger partial charge in [-0.2, -0.15) is 5.10 Å². The Morgan fingerprint density at radius 1 is 1.03 bits per heavy atom. The van der Waals surface area contributed by atoms with E-state index in [0.717, 1.165) is 17.2 Å². The third kappa shape index (κ3) is 9.54. The van der Waals surface area contributed by atoms with Crippen LogP contribution in [-0.4, -0.2) is 33.2 Å². The lowest BCUT2D eigenvalue weighted by atomic mass is 10.1. The minimum atomic E-state index is -2.36. The molecule has 0 spiro atoms. The predicted octanol–water partition coefficient (Wildman–Crippen LogP) is 4.26. The number of hydrogen-bond acceptors (Lipinski definition) is 4. The van der Waals surface area contributed by atoms with Gasteiger partial charge in [0.25, 0.3) is 0 Å². The van der Waals surface area contributed by atoms with Crippen molar-refractivity contribution in [2.75, 3.05) is 6.61 Å². The van der Waals surface area contributed by atoms with Gasteiger partial charge in [-0.3, -0.25) is 9.35 Å². The van der Waals surface area contributed by atoms with Crippen molar-refractivity contribution in [2.24, 2.45) is 5.14 Å². The van der Waals surface area contributed by atoms with E-state index < -0.39 is 19.3 Å². The Kier molecular flexibility index (Phi) is 10.4. The SMILES string of the molecule is C[Si](C)(C)CCOCn1nc(Cc2ccccc2)c(F)c1Cc1ccccc1.NS(=O)[O-]. The Balaban J connectivity index is 0.000000837. The van der Waals surface area contributed by atoms with Crippen LogP contribution in [0.2, 0.25) is 25.7 Å². The Hall–Kier alpha value is -2.17. The Morgan fingerprint density at radius 2 is 1.53 bits per heavy atom. The van der Waals surface area contributed by atoms with Crippen molar-refractivity contribution in [3.05, 3.63) is 89.0 Å². The van der Waals surface area contributed by atoms with Crippen molar-refractivity contribution in [1.29, 1.82) is 0 Å². The Labute approximate surface area is 193 Å². The van der Waals surface area contributed by atoms with Crippen LogP contribution in [-0.2, 0) is 35.6 Å². The van der Waals surface area contributed by atoms with Crippen LogP contribution in [0.4, 0.5) is 4.39 Å². The minimum absolute atomic E-state index is 0.221. The third-order valence-corrected chi connectivity index (χ3v) is 6.40. The average Bonchev–Trinajstić information content (AvgIpc) is 3.01. The van der Waals surface area contributed by atoms with Crippen LogP contribution < -0.4 is 5.14 Å². The maximum Gasteiger partial charge on any atom is 0.168 e. The third-order valence-electron chi connectivity index (χ3n) is 4.70. The van der Waals surface area contributed by atoms with Crippen LogP contribution in [0, 0.1) is 5.82 Å². The number of rotatable bonds is 9. The molecule has 6 nitrogen and oxygen atoms in total. The maximum atomic E-state index is 15.2. The van der Waals surface area contributed by atoms with Crippen LogP contribution in [0.25, 0.3) is 0 Å². The summed E-state index contributed by atoms with van der Waals surface area (Å²) in [5.74, 6) is -0.221. The molecule has 174 valence electrons. The molecule has 0 aliphatic heterocycles. The Bertz CT molecular complexity index is 975. The van der Waals surface area contributed by atoms with E-state index >= 15 is 4.39 Å². The average molecular weight is 477 g/mol. The van der Waals surface area contributed by atoms with Gasteiger partial charge in [0.1, 0.15) is 12.4 Å². The van der Waals surface area contributed by atoms with E-state index in [1.807, 2.05) is 60.7 Å². The number of aromatic nitrogens is 2. The first kappa shape index (κ1) is 26.1. The van der Waals surface area contributed by atoms with Crippen molar-refractivity contribution in [1.82, 2.24) is 9.78 Å². The molecule has 0 saturated carbocycles. The standard InChI is InChI=1S/C23H29FN2OSi.H3NO2S/c1-28(2,3)15-14-27-18-26-22(17-20-12-8-5-9-13-20)23(24)21(25-26)16-19-10-6-4-7-11-19;1-4(2)3/h4-13H,14-18H2,1-3H3;1H2,(H,2,3)/p-1. The predicted molar refractivity (Wildman–Crippen MR) is 128 cm³/mol. The summed E-state index contributed by atoms with van der Waals surface area (Å²) in [4.78, 5) is 0. The van der Waals surface area contributed by atoms with Gasteiger partial charge in [0, 0.05) is 38.8 Å². The molecule has 0 aliphatic rings. The van der Waals surface area contributed by atoms with Gasteiger partial charge >= 0.3 is 0 Å². The fourth-order valence-electron chi connectivity index (χ4n) is 3.03. The molecule has 0 saturated heterocycles. The molecular weight excluding hydrogens is 445 g/mol. The van der Waals surface area contributed by atoms with Crippen molar-refractivity contribution in [3.63, 3.8) is 0 Å². The highest BCUT2D eigenvalue weighted by Crippen LogP contribution is 2.20. The van der Waals surface area contributed by atoms with E-state index in [-0.39, 0.29) is 5.82 Å². The number of nitrogens with zero attached hydrogens (tertiary/aromatic N) is 2. The van der Waals surface area contributed by atoms with Gasteiger partial charge in [-0.25, -0.2) is 9.07 Å². The summed E-state index contributed by atoms with van der Waals surface area (Å²) in [7, 11) is -1.16. The normalized spacial score (nSPS) is 12.2. The summed E-state index contributed by atoms with van der Waals surface area (Å²) < 4.78 is 40.3. The van der Waals surface area contributed by atoms with Gasteiger partial charge < -0.3 is 9.29 Å². The quantitative estimate of drug-likeness (QED) is 0.284. The number of ether oxygens (including phenoxy) is 1. The second-order valence-electron chi connectivity index (χ2n) is 8.64. The van der Waals surface area contributed by atoms with Crippen molar-refractivity contribution < 1.29 is 17.9 Å². The zero-order chi connectivity index (χ0) is 23.6. The number of hydrogen-bond donors (Lipinski definition) is 1. The summed E-state index contributed by atoms with van der Waals surface area (Å²) in [5, 5.41) is 8.59. The van der Waals surface area contributed by atoms with Crippen LogP contribution in [0.3, 0.4) is 0 Å². The first-order chi connectivity index (χ1) is 15.2. The van der Waals surface area contributed by atoms with Crippen molar-refractivity contribution >= 4 is 19.3 Å². The lowest BCUT2D eigenvalue weighted by molar-refractivity contribution is 0.0762. The fraction of sp³-hybridized carbons (Fsp3) is 0.348. The molecule has 1 atom stereocenters. The van der Waals surface area contributed by atoms with E-state index in [4.69, 9.17) is 13.5 Å². The minimum Gasteiger partial charge on any atom is -0.760 e. The second kappa shape index (κ2) is 12.8. The molecule has 2 aromatic carbocycles. The van der Waals surface area contributed by atoms with Gasteiger partial charge in [0.05, 0.1) is 5.69 Å². The second-order valence-corrected chi connectivity index (χ2v) is 14.8. The molecule has 2 N–H and O–H groups in total. The van der Waals surface area contributed by atoms with Crippen molar-refractivity contribution in [3.8, 4) is 0 Å². The van der Waals surface area contributed by atoms with Gasteiger partial charge in [-0.15, -0.1) is 0 Å². The Morgan fingerprint density at radius 3 is 2.03 bits per heavy atom. The molecule has 3 rings (SSSR count). The molecular formula is C23H31FN3O3SSi-. The summed E-state index contributed by atoms with van der Waals surface area (Å²) >= 11 is -2.36. The zero-order valence-electron chi connectivity index (χ0n) is 18.8. The molecule has 0 radical (unpaired) electrons. The van der Waals surface area contributed by atoms with Gasteiger partial charge in [0.15, 0.2) is 5.82 Å². The van der Waals surface area contributed by atoms with Crippen LogP contribution >= 0.6 is 0 Å². The highest BCUT2D eigenvalue weighted by Gasteiger charge is 2.19. The molecule has 0 aliphatic carbocycles. The van der Waals surface area contributed by atoms with Gasteiger partial charge in [-0.1, -0.05) is 80.3 Å². The van der Waals surface area contributed by atoms with E-state index in [1.165, 1.54) is 0 Å². The van der Waals surface area contributed by atoms with Gasteiger partial charge in [0.2, 0.25) is 0 Å². The molecule has 9 heteroatoms. The van der Waals surface area contributed by atoms with Gasteiger partial charge in [-0.05, 0) is 17.2 Å². The summed E-state index contributed by atoms with van der Waals surface area (Å²) in [6, 6.07) is 20.9. The molecule has 1 aromatic heterocycles. The monoisotopic (exact) mass is 476 g/mol. The van der Waals surface area contributed by atoms with E-state index in [1.54, 1.807) is 4.68 Å². The molecule has 0 amide bonds. The smallest absolute Gasteiger partial charge is 0.168 e. The number of benzene rings is 2. The highest BCUT2D eigenvalue weighted by molar-refractivity contribution is 7.76. The maximum absolute atomic E-state index is 15.2. The molecule has 0 bridgehead atoms. The molecule has 32 heavy (non-hydrogen) atoms. The molecule has 0 fully saturated rings. The number of nitrogens with two attached hydrogens (primary N) is 1. The van der Waals surface area contributed by atoms with Crippen molar-refractivity contribution in [2.45, 2.75) is 45.3 Å². The van der Waals surface area contributed by atoms with E-state index in [0.29, 0.717) is 37.6 Å². The molecule has 1 heterocycles. The fourth-order valence-corrected chi connectivity index (χ4v) is 3.78. The summed E-state index contributed by atoms with van der Waals surface area (Å²) in [6.07, 6.45) is 0.988. The van der Waals surface area contributed by atoms with E-state index in [2.05, 4.69) is 29.9 Å². The summed E-state index contributed by atoms with van der Waals surface area (Å²) in [6.45, 7) is 7.95. The topological polar surface area (TPSA) is 93.2 Å². The van der Waals surface area contributed by atoms with Crippen LogP contribution in [0.15, 0.2) is 60.7 Å². The lowest BCUT2D eigenvalue weighted by Gasteiger charge is -2.16. The first-order valence-corrected chi connectivity index (χ1v) is 15.2. The van der Waals surface area contributed by atoms with Crippen LogP contribution in [0.1, 0.15) is 22.5 Å². The number of halogens is 1. The first-order valence-electron chi connectivity index (χ1n) is 10.4.